The van der Waals surface area contributed by atoms with Crippen molar-refractivity contribution in [3.8, 4) is 5.88 Å². The highest BCUT2D eigenvalue weighted by Crippen LogP contribution is 2.51. The van der Waals surface area contributed by atoms with Crippen molar-refractivity contribution in [1.29, 1.82) is 0 Å². The van der Waals surface area contributed by atoms with Crippen LogP contribution in [0.15, 0.2) is 26.5 Å². The van der Waals surface area contributed by atoms with Crippen LogP contribution in [-0.4, -0.2) is 37.8 Å². The van der Waals surface area contributed by atoms with Crippen LogP contribution >= 0.6 is 0 Å². The molecule has 154 valence electrons. The summed E-state index contributed by atoms with van der Waals surface area (Å²) in [5, 5.41) is 6.86. The lowest BCUT2D eigenvalue weighted by atomic mass is 9.72. The number of aromatic amines is 2. The van der Waals surface area contributed by atoms with Gasteiger partial charge in [-0.2, -0.15) is 5.10 Å². The first-order valence-electron chi connectivity index (χ1n) is 9.75. The molecular weight excluding hydrogens is 378 g/mol. The molecule has 0 spiro atoms. The number of fused-ring (bicyclic) bond motifs is 3. The van der Waals surface area contributed by atoms with Crippen molar-refractivity contribution in [3.63, 3.8) is 0 Å². The molecule has 4 rings (SSSR count). The summed E-state index contributed by atoms with van der Waals surface area (Å²) in [6, 6.07) is 2.98. The summed E-state index contributed by atoms with van der Waals surface area (Å²) in [5.74, 6) is -0.201. The SMILES string of the molecule is Cc1ccc(=O)n(CC(=O)NCC[C@@]23CCCC[C@@H]2c2c([nH]c(=O)[nH]c2=O)O3)n1. The fourth-order valence-corrected chi connectivity index (χ4v) is 4.43. The number of carbonyl (C=O) groups excluding carboxylic acids is 1. The van der Waals surface area contributed by atoms with Gasteiger partial charge in [-0.25, -0.2) is 9.48 Å². The van der Waals surface area contributed by atoms with Crippen LogP contribution in [0, 0.1) is 6.92 Å². The van der Waals surface area contributed by atoms with Crippen molar-refractivity contribution in [2.45, 2.75) is 57.1 Å². The van der Waals surface area contributed by atoms with Crippen LogP contribution in [0.4, 0.5) is 0 Å². The molecular formula is C19H23N5O5. The summed E-state index contributed by atoms with van der Waals surface area (Å²) in [5.41, 5.74) is -0.819. The summed E-state index contributed by atoms with van der Waals surface area (Å²) < 4.78 is 7.22. The quantitative estimate of drug-likeness (QED) is 0.641. The van der Waals surface area contributed by atoms with Crippen LogP contribution in [0.25, 0.3) is 0 Å². The molecule has 0 radical (unpaired) electrons. The van der Waals surface area contributed by atoms with Crippen molar-refractivity contribution >= 4 is 5.91 Å². The number of carbonyl (C=O) groups is 1. The van der Waals surface area contributed by atoms with Crippen LogP contribution in [0.1, 0.15) is 49.3 Å². The molecule has 10 nitrogen and oxygen atoms in total. The molecule has 0 unspecified atom stereocenters. The Morgan fingerprint density at radius 1 is 1.31 bits per heavy atom. The van der Waals surface area contributed by atoms with Gasteiger partial charge >= 0.3 is 5.69 Å². The Hall–Kier alpha value is -3.17. The molecule has 0 bridgehead atoms. The molecule has 1 fully saturated rings. The third kappa shape index (κ3) is 3.62. The van der Waals surface area contributed by atoms with Gasteiger partial charge in [0.25, 0.3) is 11.1 Å². The molecule has 3 N–H and O–H groups in total. The Labute approximate surface area is 165 Å². The van der Waals surface area contributed by atoms with E-state index in [0.29, 0.717) is 24.2 Å². The zero-order valence-electron chi connectivity index (χ0n) is 16.1. The molecule has 2 aromatic heterocycles. The van der Waals surface area contributed by atoms with Crippen LogP contribution in [0.2, 0.25) is 0 Å². The molecule has 1 aliphatic heterocycles. The summed E-state index contributed by atoms with van der Waals surface area (Å²) in [7, 11) is 0. The minimum Gasteiger partial charge on any atom is -0.471 e. The second-order valence-electron chi connectivity index (χ2n) is 7.69. The topological polar surface area (TPSA) is 139 Å². The standard InChI is InChI=1S/C19H23N5O5/c1-11-5-6-14(26)24(23-11)10-13(25)20-9-8-19-7-3-2-4-12(19)15-16(27)21-18(28)22-17(15)29-19/h5-6,12H,2-4,7-10H2,1H3,(H,20,25)(H2,21,22,27,28)/t12-,19+/m1/s1. The maximum atomic E-state index is 12.3. The van der Waals surface area contributed by atoms with E-state index in [9.17, 15) is 19.2 Å². The van der Waals surface area contributed by atoms with Crippen LogP contribution in [0.3, 0.4) is 0 Å². The Morgan fingerprint density at radius 2 is 2.14 bits per heavy atom. The average molecular weight is 401 g/mol. The fourth-order valence-electron chi connectivity index (χ4n) is 4.43. The van der Waals surface area contributed by atoms with Crippen molar-refractivity contribution in [3.05, 3.63) is 54.6 Å². The first-order valence-corrected chi connectivity index (χ1v) is 9.75. The van der Waals surface area contributed by atoms with E-state index in [1.54, 1.807) is 13.0 Å². The normalized spacial score (nSPS) is 22.4. The third-order valence-electron chi connectivity index (χ3n) is 5.74. The predicted molar refractivity (Wildman–Crippen MR) is 103 cm³/mol. The van der Waals surface area contributed by atoms with E-state index in [1.807, 2.05) is 0 Å². The number of rotatable bonds is 5. The van der Waals surface area contributed by atoms with Gasteiger partial charge in [0.05, 0.1) is 11.3 Å². The van der Waals surface area contributed by atoms with Gasteiger partial charge in [0.1, 0.15) is 12.1 Å². The van der Waals surface area contributed by atoms with E-state index in [1.165, 1.54) is 6.07 Å². The summed E-state index contributed by atoms with van der Waals surface area (Å²) in [4.78, 5) is 52.8. The Morgan fingerprint density at radius 3 is 2.97 bits per heavy atom. The Kier molecular flexibility index (Phi) is 4.85. The lowest BCUT2D eigenvalue weighted by Crippen LogP contribution is -2.44. The molecule has 0 aromatic carbocycles. The summed E-state index contributed by atoms with van der Waals surface area (Å²) >= 11 is 0. The Bertz CT molecular complexity index is 1120. The molecule has 1 aliphatic carbocycles. The van der Waals surface area contributed by atoms with Crippen LogP contribution in [-0.2, 0) is 11.3 Å². The van der Waals surface area contributed by atoms with E-state index in [-0.39, 0.29) is 29.8 Å². The predicted octanol–water partition coefficient (Wildman–Crippen LogP) is -0.0764. The summed E-state index contributed by atoms with van der Waals surface area (Å²) in [6.45, 7) is 1.91. The van der Waals surface area contributed by atoms with Gasteiger partial charge in [-0.3, -0.25) is 24.4 Å². The highest BCUT2D eigenvalue weighted by atomic mass is 16.5. The molecule has 2 atom stereocenters. The van der Waals surface area contributed by atoms with Crippen molar-refractivity contribution in [1.82, 2.24) is 25.1 Å². The maximum absolute atomic E-state index is 12.3. The number of ether oxygens (including phenoxy) is 1. The van der Waals surface area contributed by atoms with E-state index in [0.717, 1.165) is 30.4 Å². The van der Waals surface area contributed by atoms with Gasteiger partial charge in [0, 0.05) is 24.9 Å². The van der Waals surface area contributed by atoms with Gasteiger partial charge in [-0.05, 0) is 32.3 Å². The van der Waals surface area contributed by atoms with E-state index >= 15 is 0 Å². The average Bonchev–Trinajstić information content (AvgIpc) is 2.98. The van der Waals surface area contributed by atoms with E-state index < -0.39 is 16.9 Å². The molecule has 1 amide bonds. The highest BCUT2D eigenvalue weighted by Gasteiger charge is 2.51. The highest BCUT2D eigenvalue weighted by molar-refractivity contribution is 5.75. The molecule has 3 heterocycles. The van der Waals surface area contributed by atoms with Crippen LogP contribution in [0.5, 0.6) is 5.88 Å². The number of aryl methyl sites for hydroxylation is 1. The second kappa shape index (κ2) is 7.34. The maximum Gasteiger partial charge on any atom is 0.328 e. The monoisotopic (exact) mass is 401 g/mol. The number of H-pyrrole nitrogens is 2. The largest absolute Gasteiger partial charge is 0.471 e. The Balaban J connectivity index is 1.45. The van der Waals surface area contributed by atoms with E-state index in [2.05, 4.69) is 20.4 Å². The van der Waals surface area contributed by atoms with Gasteiger partial charge in [0.2, 0.25) is 11.8 Å². The number of nitrogens with zero attached hydrogens (tertiary/aromatic N) is 2. The van der Waals surface area contributed by atoms with Gasteiger partial charge in [0.15, 0.2) is 0 Å². The van der Waals surface area contributed by atoms with E-state index in [4.69, 9.17) is 4.74 Å². The molecule has 2 aliphatic rings. The van der Waals surface area contributed by atoms with Gasteiger partial charge in [-0.1, -0.05) is 6.42 Å². The number of hydrogen-bond donors (Lipinski definition) is 3. The molecule has 29 heavy (non-hydrogen) atoms. The zero-order chi connectivity index (χ0) is 20.6. The minimum absolute atomic E-state index is 0.121. The summed E-state index contributed by atoms with van der Waals surface area (Å²) in [6.07, 6.45) is 3.95. The molecule has 1 saturated carbocycles. The molecule has 0 saturated heterocycles. The van der Waals surface area contributed by atoms with Crippen molar-refractivity contribution < 1.29 is 9.53 Å². The van der Waals surface area contributed by atoms with Gasteiger partial charge < -0.3 is 10.1 Å². The lowest BCUT2D eigenvalue weighted by Gasteiger charge is -2.38. The van der Waals surface area contributed by atoms with Crippen LogP contribution < -0.4 is 26.9 Å². The number of nitrogens with one attached hydrogen (secondary N) is 3. The smallest absolute Gasteiger partial charge is 0.328 e. The van der Waals surface area contributed by atoms with Crippen molar-refractivity contribution in [2.75, 3.05) is 6.54 Å². The minimum atomic E-state index is -0.621. The number of hydrogen-bond acceptors (Lipinski definition) is 6. The van der Waals surface area contributed by atoms with Gasteiger partial charge in [-0.15, -0.1) is 0 Å². The third-order valence-corrected chi connectivity index (χ3v) is 5.74. The first kappa shape index (κ1) is 19.2. The fraction of sp³-hybridized carbons (Fsp3) is 0.526. The van der Waals surface area contributed by atoms with Crippen molar-refractivity contribution in [2.24, 2.45) is 0 Å². The molecule has 10 heteroatoms. The molecule has 2 aromatic rings. The second-order valence-corrected chi connectivity index (χ2v) is 7.69. The number of aromatic nitrogens is 4. The lowest BCUT2D eigenvalue weighted by molar-refractivity contribution is -0.122. The first-order chi connectivity index (χ1) is 13.9. The zero-order valence-corrected chi connectivity index (χ0v) is 16.1. The number of amides is 1.